The molecule has 5 heterocycles. The summed E-state index contributed by atoms with van der Waals surface area (Å²) >= 11 is 0. The second-order valence-electron chi connectivity index (χ2n) is 12.4. The molecule has 3 fully saturated rings. The second-order valence-corrected chi connectivity index (χ2v) is 12.4. The van der Waals surface area contributed by atoms with Gasteiger partial charge in [0.25, 0.3) is 0 Å². The lowest BCUT2D eigenvalue weighted by atomic mass is 9.90. The van der Waals surface area contributed by atoms with Crippen molar-refractivity contribution in [2.45, 2.75) is 30.5 Å². The number of terminal acetylenes is 1. The Balaban J connectivity index is 1.39. The monoisotopic (exact) mass is 584 g/mol. The molecule has 43 heavy (non-hydrogen) atoms. The number of nitrogens with zero attached hydrogens (tertiary/aromatic N) is 5. The number of rotatable bonds is 6. The van der Waals surface area contributed by atoms with Gasteiger partial charge in [0.05, 0.1) is 16.8 Å². The number of fused-ring (bicyclic) bond motifs is 4. The highest BCUT2D eigenvalue weighted by Gasteiger charge is 2.44. The normalized spacial score (nSPS) is 21.4. The van der Waals surface area contributed by atoms with Gasteiger partial charge in [-0.05, 0) is 57.6 Å². The number of nitrogens with one attached hydrogen (secondary N) is 1. The summed E-state index contributed by atoms with van der Waals surface area (Å²) in [7, 11) is 6.15. The van der Waals surface area contributed by atoms with Crippen LogP contribution in [-0.2, 0) is 0 Å². The van der Waals surface area contributed by atoms with Crippen LogP contribution in [0.5, 0.6) is 11.6 Å². The maximum atomic E-state index is 16.7. The number of aromatic hydroxyl groups is 1. The molecule has 3 aliphatic rings. The molecule has 0 amide bonds. The number of phenolic OH excluding ortho intramolecular Hbond substituents is 1. The molecule has 2 aromatic carbocycles. The molecule has 3 aliphatic heterocycles. The number of ether oxygens (including phenoxy) is 1. The molecule has 7 rings (SSSR count). The van der Waals surface area contributed by atoms with Crippen LogP contribution in [0.15, 0.2) is 36.5 Å². The van der Waals surface area contributed by atoms with Crippen LogP contribution < -0.4 is 15.0 Å². The van der Waals surface area contributed by atoms with Crippen LogP contribution in [0.1, 0.15) is 18.4 Å². The van der Waals surface area contributed by atoms with E-state index >= 15 is 4.39 Å². The fraction of sp³-hybridized carbons (Fsp3) is 0.394. The van der Waals surface area contributed by atoms with Crippen LogP contribution in [0.4, 0.5) is 14.5 Å². The number of aromatic nitrogens is 2. The fourth-order valence-corrected chi connectivity index (χ4v) is 7.05. The first kappa shape index (κ1) is 27.8. The Hall–Kier alpha value is -4.04. The predicted molar refractivity (Wildman–Crippen MR) is 164 cm³/mol. The number of likely N-dealkylation sites (tertiary alicyclic amines) is 1. The molecule has 2 atom stereocenters. The van der Waals surface area contributed by atoms with Crippen molar-refractivity contribution in [1.82, 2.24) is 25.1 Å². The minimum Gasteiger partial charge on any atom is -0.508 e. The van der Waals surface area contributed by atoms with Gasteiger partial charge in [-0.25, -0.2) is 13.8 Å². The van der Waals surface area contributed by atoms with E-state index in [-0.39, 0.29) is 33.6 Å². The minimum atomic E-state index is -0.688. The highest BCUT2D eigenvalue weighted by Crippen LogP contribution is 2.40. The van der Waals surface area contributed by atoms with Gasteiger partial charge in [-0.1, -0.05) is 12.0 Å². The topological polar surface area (TPSA) is 77.0 Å². The van der Waals surface area contributed by atoms with Gasteiger partial charge >= 0.3 is 0 Å². The van der Waals surface area contributed by atoms with Crippen molar-refractivity contribution in [2.24, 2.45) is 0 Å². The average molecular weight is 585 g/mol. The van der Waals surface area contributed by atoms with Crippen molar-refractivity contribution in [3.63, 3.8) is 0 Å². The lowest BCUT2D eigenvalue weighted by molar-refractivity contribution is -0.0445. The summed E-state index contributed by atoms with van der Waals surface area (Å²) in [4.78, 5) is 15.9. The van der Waals surface area contributed by atoms with Crippen molar-refractivity contribution in [2.75, 3.05) is 58.8 Å². The maximum absolute atomic E-state index is 16.7. The van der Waals surface area contributed by atoms with Gasteiger partial charge in [0, 0.05) is 66.9 Å². The Morgan fingerprint density at radius 3 is 2.58 bits per heavy atom. The lowest BCUT2D eigenvalue weighted by Crippen LogP contribution is -2.70. The third-order valence-corrected chi connectivity index (χ3v) is 9.33. The summed E-state index contributed by atoms with van der Waals surface area (Å²) in [5, 5.41) is 15.5. The van der Waals surface area contributed by atoms with E-state index in [4.69, 9.17) is 11.2 Å². The van der Waals surface area contributed by atoms with E-state index in [0.717, 1.165) is 44.7 Å². The fourth-order valence-electron chi connectivity index (χ4n) is 7.05. The molecule has 2 aromatic heterocycles. The zero-order chi connectivity index (χ0) is 30.0. The summed E-state index contributed by atoms with van der Waals surface area (Å²) in [6.45, 7) is 3.67. The van der Waals surface area contributed by atoms with E-state index < -0.39 is 11.6 Å². The molecule has 0 spiro atoms. The zero-order valence-electron chi connectivity index (χ0n) is 24.5. The molecule has 0 aliphatic carbocycles. The van der Waals surface area contributed by atoms with Crippen molar-refractivity contribution in [3.05, 3.63) is 53.7 Å². The molecule has 2 N–H and O–H groups in total. The minimum absolute atomic E-state index is 0.0183. The quantitative estimate of drug-likeness (QED) is 0.330. The largest absolute Gasteiger partial charge is 0.508 e. The average Bonchev–Trinajstić information content (AvgIpc) is 3.31. The Labute approximate surface area is 249 Å². The van der Waals surface area contributed by atoms with Crippen LogP contribution >= 0.6 is 0 Å². The predicted octanol–water partition coefficient (Wildman–Crippen LogP) is 3.98. The standard InChI is InChI=1S/C33H34F2N6O2/c1-5-23-26(34)9-6-19-10-22(42)11-24(29(19)23)31-30(35)32-25(13-36-31)27(41-14-20-7-8-21(15-41)37-20)12-28(38-32)43-18-33(39(2)3)16-40(4)17-33/h1,6,9-13,20-21,37,42H,7-8,14-18H2,2-4H3. The molecule has 3 saturated heterocycles. The first-order valence-electron chi connectivity index (χ1n) is 14.6. The van der Waals surface area contributed by atoms with Crippen LogP contribution in [0.3, 0.4) is 0 Å². The zero-order valence-corrected chi connectivity index (χ0v) is 24.5. The van der Waals surface area contributed by atoms with Crippen molar-refractivity contribution in [3.8, 4) is 35.2 Å². The highest BCUT2D eigenvalue weighted by atomic mass is 19.1. The third kappa shape index (κ3) is 4.63. The van der Waals surface area contributed by atoms with Gasteiger partial charge in [-0.15, -0.1) is 6.42 Å². The molecule has 222 valence electrons. The number of anilines is 1. The molecule has 0 saturated carbocycles. The van der Waals surface area contributed by atoms with Crippen molar-refractivity contribution in [1.29, 1.82) is 0 Å². The molecule has 4 aromatic rings. The van der Waals surface area contributed by atoms with Crippen LogP contribution in [0, 0.1) is 24.0 Å². The van der Waals surface area contributed by atoms with E-state index in [1.165, 1.54) is 24.3 Å². The van der Waals surface area contributed by atoms with Crippen LogP contribution in [-0.4, -0.2) is 96.4 Å². The smallest absolute Gasteiger partial charge is 0.216 e. The molecular formula is C33H34F2N6O2. The Bertz CT molecular complexity index is 1790. The highest BCUT2D eigenvalue weighted by molar-refractivity contribution is 6.03. The van der Waals surface area contributed by atoms with E-state index in [2.05, 4.69) is 43.0 Å². The lowest BCUT2D eigenvalue weighted by Gasteiger charge is -2.52. The number of hydrogen-bond acceptors (Lipinski definition) is 8. The van der Waals surface area contributed by atoms with Gasteiger partial charge in [0.2, 0.25) is 5.88 Å². The molecule has 8 nitrogen and oxygen atoms in total. The SMILES string of the molecule is C#Cc1c(F)ccc2cc(O)cc(-c3ncc4c(N5CC6CCC(C5)N6)cc(OCC5(N(C)C)CN(C)C5)nc4c3F)c12. The van der Waals surface area contributed by atoms with Gasteiger partial charge in [0.15, 0.2) is 5.82 Å². The Kier molecular flexibility index (Phi) is 6.65. The number of piperazine rings is 1. The summed E-state index contributed by atoms with van der Waals surface area (Å²) in [6, 6.07) is 8.20. The van der Waals surface area contributed by atoms with Gasteiger partial charge in [0.1, 0.15) is 29.4 Å². The molecule has 0 radical (unpaired) electrons. The molecular weight excluding hydrogens is 550 g/mol. The first-order chi connectivity index (χ1) is 20.7. The van der Waals surface area contributed by atoms with Gasteiger partial charge < -0.3 is 25.0 Å². The number of pyridine rings is 2. The summed E-state index contributed by atoms with van der Waals surface area (Å²) in [5.74, 6) is 1.31. The van der Waals surface area contributed by atoms with E-state index in [1.54, 1.807) is 6.20 Å². The van der Waals surface area contributed by atoms with E-state index in [0.29, 0.717) is 40.7 Å². The number of likely N-dealkylation sites (N-methyl/N-ethyl adjacent to an activating group) is 2. The Morgan fingerprint density at radius 1 is 1.16 bits per heavy atom. The molecule has 10 heteroatoms. The molecule has 2 unspecified atom stereocenters. The van der Waals surface area contributed by atoms with Crippen molar-refractivity contribution < 1.29 is 18.6 Å². The van der Waals surface area contributed by atoms with E-state index in [9.17, 15) is 9.50 Å². The van der Waals surface area contributed by atoms with Crippen molar-refractivity contribution >= 4 is 27.4 Å². The Morgan fingerprint density at radius 2 is 1.91 bits per heavy atom. The summed E-state index contributed by atoms with van der Waals surface area (Å²) in [6.07, 6.45) is 9.49. The number of hydrogen-bond donors (Lipinski definition) is 2. The first-order valence-corrected chi connectivity index (χ1v) is 14.6. The van der Waals surface area contributed by atoms with E-state index in [1.807, 2.05) is 20.2 Å². The number of phenols is 1. The molecule has 2 bridgehead atoms. The van der Waals surface area contributed by atoms with Crippen LogP contribution in [0.2, 0.25) is 0 Å². The number of halogens is 2. The summed E-state index contributed by atoms with van der Waals surface area (Å²) < 4.78 is 37.9. The number of benzene rings is 2. The maximum Gasteiger partial charge on any atom is 0.216 e. The summed E-state index contributed by atoms with van der Waals surface area (Å²) in [5.41, 5.74) is 0.853. The van der Waals surface area contributed by atoms with Crippen LogP contribution in [0.25, 0.3) is 32.9 Å². The third-order valence-electron chi connectivity index (χ3n) is 9.33. The van der Waals surface area contributed by atoms with Gasteiger partial charge in [-0.2, -0.15) is 0 Å². The second kappa shape index (κ2) is 10.3. The van der Waals surface area contributed by atoms with Gasteiger partial charge in [-0.3, -0.25) is 9.88 Å².